The van der Waals surface area contributed by atoms with E-state index in [0.29, 0.717) is 37.7 Å². The molecule has 8 atom stereocenters. The molecule has 2 unspecified atom stereocenters. The Hall–Kier alpha value is -2.67. The molecule has 5 N–H and O–H groups in total. The second kappa shape index (κ2) is 15.1. The third-order valence-electron chi connectivity index (χ3n) is 11.2. The number of ether oxygens (including phenoxy) is 2. The summed E-state index contributed by atoms with van der Waals surface area (Å²) < 4.78 is 29.1. The summed E-state index contributed by atoms with van der Waals surface area (Å²) in [6, 6.07) is 0. The summed E-state index contributed by atoms with van der Waals surface area (Å²) in [5.41, 5.74) is -5.95. The van der Waals surface area contributed by atoms with E-state index < -0.39 is 81.1 Å². The second-order valence-electron chi connectivity index (χ2n) is 13.8. The average molecular weight is 687 g/mol. The van der Waals surface area contributed by atoms with Crippen LogP contribution >= 0.6 is 0 Å². The molecule has 3 fully saturated rings. The zero-order valence-corrected chi connectivity index (χ0v) is 27.5. The van der Waals surface area contributed by atoms with E-state index in [1.165, 1.54) is 18.2 Å². The molecule has 0 aliphatic heterocycles. The Bertz CT molecular complexity index is 1290. The largest absolute Gasteiger partial charge is 0.457 e. The molecule has 0 aromatic carbocycles. The van der Waals surface area contributed by atoms with Crippen LogP contribution < -0.4 is 0 Å². The molecule has 0 spiro atoms. The van der Waals surface area contributed by atoms with E-state index in [-0.39, 0.29) is 51.1 Å². The number of unbranched alkanes of at least 4 members (excludes halogenated alkanes) is 2. The minimum atomic E-state index is -2.17. The maximum atomic E-state index is 17.7. The molecule has 0 aromatic rings. The number of aliphatic hydroxyl groups excluding tert-OH is 1. The zero-order chi connectivity index (χ0) is 35.5. The van der Waals surface area contributed by atoms with Crippen LogP contribution in [0.3, 0.4) is 0 Å². The normalized spacial score (nSPS) is 35.6. The monoisotopic (exact) mass is 686 g/mol. The molecular weight excluding hydrogens is 639 g/mol. The highest BCUT2D eigenvalue weighted by molar-refractivity contribution is 6.01. The van der Waals surface area contributed by atoms with Gasteiger partial charge < -0.3 is 14.6 Å². The number of alkyl halides is 1. The highest BCUT2D eigenvalue weighted by Crippen LogP contribution is 2.71. The van der Waals surface area contributed by atoms with Crippen LogP contribution in [0.1, 0.15) is 85.0 Å². The van der Waals surface area contributed by atoms with Gasteiger partial charge in [-0.3, -0.25) is 49.7 Å². The topological polar surface area (TPSA) is 213 Å². The Morgan fingerprint density at radius 3 is 2.27 bits per heavy atom. The Kier molecular flexibility index (Phi) is 12.0. The number of fused-ring (bicyclic) bond motifs is 5. The standard InChI is InChI=1S/C32H47FN2O13/c1-20-16-24-23-11-10-21-17-22(36)12-13-29(21,2)31(23,33)25(37)18-30(24,3)32(20,48-28(40)8-5-4-6-14-46-34(41)42)26(38)19-45-27(39)9-7-15-47-35(43)44/h12-13,17,20,23-25,37,41-44H,4-11,14-16,18-19H2,1-3H3/t20-,23?,24?,25+,29+,30+,31+,32+/m1/s1. The first-order valence-corrected chi connectivity index (χ1v) is 16.4. The predicted octanol–water partition coefficient (Wildman–Crippen LogP) is 3.36. The van der Waals surface area contributed by atoms with Gasteiger partial charge in [0.2, 0.25) is 5.78 Å². The van der Waals surface area contributed by atoms with Gasteiger partial charge in [0.15, 0.2) is 23.7 Å². The van der Waals surface area contributed by atoms with Gasteiger partial charge in [-0.2, -0.15) is 0 Å². The van der Waals surface area contributed by atoms with Gasteiger partial charge in [-0.1, -0.05) is 31.9 Å². The molecule has 0 heterocycles. The predicted molar refractivity (Wildman–Crippen MR) is 158 cm³/mol. The number of ketones is 2. The molecule has 3 saturated carbocycles. The van der Waals surface area contributed by atoms with E-state index in [1.807, 2.05) is 0 Å². The smallest absolute Gasteiger partial charge is 0.306 e. The summed E-state index contributed by atoms with van der Waals surface area (Å²) in [4.78, 5) is 61.3. The summed E-state index contributed by atoms with van der Waals surface area (Å²) in [6.45, 7) is 4.16. The van der Waals surface area contributed by atoms with E-state index in [9.17, 15) is 24.3 Å². The highest BCUT2D eigenvalue weighted by atomic mass is 19.1. The summed E-state index contributed by atoms with van der Waals surface area (Å²) in [6.07, 6.45) is 4.37. The molecule has 0 radical (unpaired) electrons. The number of carbonyl (C=O) groups is 4. The molecule has 0 saturated heterocycles. The van der Waals surface area contributed by atoms with Gasteiger partial charge in [-0.25, -0.2) is 4.39 Å². The van der Waals surface area contributed by atoms with Gasteiger partial charge in [0.25, 0.3) is 0 Å². The number of nitrogens with zero attached hydrogens (tertiary/aromatic N) is 2. The number of rotatable bonds is 16. The van der Waals surface area contributed by atoms with Crippen molar-refractivity contribution >= 4 is 23.5 Å². The van der Waals surface area contributed by atoms with E-state index in [1.54, 1.807) is 20.8 Å². The van der Waals surface area contributed by atoms with E-state index in [0.717, 1.165) is 0 Å². The fourth-order valence-corrected chi connectivity index (χ4v) is 9.01. The summed E-state index contributed by atoms with van der Waals surface area (Å²) in [5, 5.41) is 45.5. The lowest BCUT2D eigenvalue weighted by molar-refractivity contribution is -0.492. The zero-order valence-electron chi connectivity index (χ0n) is 27.5. The van der Waals surface area contributed by atoms with E-state index >= 15 is 4.39 Å². The highest BCUT2D eigenvalue weighted by Gasteiger charge is 2.77. The van der Waals surface area contributed by atoms with Crippen LogP contribution in [-0.2, 0) is 38.3 Å². The lowest BCUT2D eigenvalue weighted by Gasteiger charge is -2.62. The van der Waals surface area contributed by atoms with Gasteiger partial charge in [-0.05, 0) is 69.9 Å². The third kappa shape index (κ3) is 7.00. The van der Waals surface area contributed by atoms with Crippen LogP contribution in [0.2, 0.25) is 0 Å². The van der Waals surface area contributed by atoms with Crippen molar-refractivity contribution in [1.82, 2.24) is 10.8 Å². The maximum Gasteiger partial charge on any atom is 0.306 e. The number of halogens is 1. The van der Waals surface area contributed by atoms with Gasteiger partial charge in [0.1, 0.15) is 0 Å². The van der Waals surface area contributed by atoms with Crippen molar-refractivity contribution in [3.8, 4) is 0 Å². The molecular formula is C32H47FN2O13. The van der Waals surface area contributed by atoms with Crippen molar-refractivity contribution in [3.63, 3.8) is 0 Å². The van der Waals surface area contributed by atoms with Crippen molar-refractivity contribution in [2.45, 2.75) is 102 Å². The Morgan fingerprint density at radius 2 is 1.60 bits per heavy atom. The lowest BCUT2D eigenvalue weighted by Crippen LogP contribution is -2.70. The summed E-state index contributed by atoms with van der Waals surface area (Å²) in [5.74, 6) is -4.34. The third-order valence-corrected chi connectivity index (χ3v) is 11.2. The van der Waals surface area contributed by atoms with Crippen molar-refractivity contribution in [2.75, 3.05) is 19.8 Å². The van der Waals surface area contributed by atoms with E-state index in [4.69, 9.17) is 30.3 Å². The average Bonchev–Trinajstić information content (AvgIpc) is 3.22. The first kappa shape index (κ1) is 38.1. The SMILES string of the molecule is C[C@@H]1CC2C3CCC4=CC(=O)C=C[C@]4(C)[C@@]3(F)[C@@H](O)C[C@]2(C)[C@@]1(OC(=O)CCCCCON(O)O)C(=O)COC(=O)CCCON(O)O. The number of allylic oxidation sites excluding steroid dienone is 4. The van der Waals surface area contributed by atoms with Gasteiger partial charge in [0.05, 0.1) is 30.1 Å². The van der Waals surface area contributed by atoms with Crippen molar-refractivity contribution < 1.29 is 68.7 Å². The number of Topliss-reactive ketones (excluding diaryl/α,β-unsaturated/α-hetero) is 1. The number of esters is 2. The van der Waals surface area contributed by atoms with Crippen LogP contribution in [0.25, 0.3) is 0 Å². The Morgan fingerprint density at radius 1 is 0.958 bits per heavy atom. The molecule has 48 heavy (non-hydrogen) atoms. The minimum absolute atomic E-state index is 0.0135. The van der Waals surface area contributed by atoms with Crippen LogP contribution in [0, 0.1) is 28.6 Å². The van der Waals surface area contributed by atoms with Gasteiger partial charge in [0, 0.05) is 35.5 Å². The van der Waals surface area contributed by atoms with E-state index in [2.05, 4.69) is 9.68 Å². The Balaban J connectivity index is 1.59. The van der Waals surface area contributed by atoms with Crippen LogP contribution in [0.5, 0.6) is 0 Å². The summed E-state index contributed by atoms with van der Waals surface area (Å²) >= 11 is 0. The fourth-order valence-electron chi connectivity index (χ4n) is 9.01. The molecule has 0 bridgehead atoms. The summed E-state index contributed by atoms with van der Waals surface area (Å²) in [7, 11) is 0. The van der Waals surface area contributed by atoms with Crippen molar-refractivity contribution in [1.29, 1.82) is 0 Å². The fraction of sp³-hybridized carbons (Fsp3) is 0.750. The first-order chi connectivity index (χ1) is 22.5. The molecule has 0 amide bonds. The molecule has 0 aromatic heterocycles. The van der Waals surface area contributed by atoms with Gasteiger partial charge >= 0.3 is 11.9 Å². The molecule has 270 valence electrons. The van der Waals surface area contributed by atoms with Gasteiger partial charge in [-0.15, -0.1) is 0 Å². The molecule has 4 rings (SSSR count). The Labute approximate surface area is 277 Å². The number of carbonyl (C=O) groups excluding carboxylic acids is 4. The quantitative estimate of drug-likeness (QED) is 0.0895. The van der Waals surface area contributed by atoms with Crippen molar-refractivity contribution in [2.24, 2.45) is 28.6 Å². The second-order valence-corrected chi connectivity index (χ2v) is 13.8. The van der Waals surface area contributed by atoms with Crippen LogP contribution in [-0.4, -0.2) is 97.4 Å². The molecule has 16 heteroatoms. The maximum absolute atomic E-state index is 17.7. The lowest BCUT2D eigenvalue weighted by atomic mass is 9.44. The first-order valence-electron chi connectivity index (χ1n) is 16.4. The molecule has 4 aliphatic rings. The molecule has 15 nitrogen and oxygen atoms in total. The van der Waals surface area contributed by atoms with Crippen molar-refractivity contribution in [3.05, 3.63) is 23.8 Å². The van der Waals surface area contributed by atoms with Crippen LogP contribution in [0.15, 0.2) is 23.8 Å². The molecule has 4 aliphatic carbocycles. The van der Waals surface area contributed by atoms with Crippen LogP contribution in [0.4, 0.5) is 4.39 Å². The minimum Gasteiger partial charge on any atom is -0.457 e. The number of hydrogen-bond acceptors (Lipinski definition) is 15. The number of hydrogen-bond donors (Lipinski definition) is 5. The number of aliphatic hydroxyl groups is 1.